The monoisotopic (exact) mass is 216 g/mol. The lowest BCUT2D eigenvalue weighted by molar-refractivity contribution is -0.119. The third kappa shape index (κ3) is 2.66. The Kier molecular flexibility index (Phi) is 4.19. The van der Waals surface area contributed by atoms with Gasteiger partial charge in [-0.15, -0.1) is 0 Å². The summed E-state index contributed by atoms with van der Waals surface area (Å²) in [6.07, 6.45) is 3.35. The van der Waals surface area contributed by atoms with Gasteiger partial charge in [-0.2, -0.15) is 5.26 Å². The number of rotatable bonds is 4. The predicted octanol–water partition coefficient (Wildman–Crippen LogP) is 2.55. The number of nitriles is 1. The molecule has 1 heterocycles. The molecular formula is C13H16N2O. The highest BCUT2D eigenvalue weighted by Gasteiger charge is 2.27. The van der Waals surface area contributed by atoms with Crippen molar-refractivity contribution in [3.8, 4) is 6.07 Å². The van der Waals surface area contributed by atoms with Crippen LogP contribution in [-0.2, 0) is 4.79 Å². The van der Waals surface area contributed by atoms with Gasteiger partial charge in [0.05, 0.1) is 6.07 Å². The van der Waals surface area contributed by atoms with Crippen molar-refractivity contribution in [2.75, 3.05) is 0 Å². The fourth-order valence-electron chi connectivity index (χ4n) is 1.89. The summed E-state index contributed by atoms with van der Waals surface area (Å²) in [5.41, 5.74) is 0.942. The minimum Gasteiger partial charge on any atom is -0.299 e. The topological polar surface area (TPSA) is 53.8 Å². The molecule has 3 unspecified atom stereocenters. The molecule has 0 aliphatic heterocycles. The van der Waals surface area contributed by atoms with Crippen LogP contribution in [0.25, 0.3) is 0 Å². The SMILES string of the molecule is CC(=O)C(c1ccncc1)C(C)C(C)C#N. The Morgan fingerprint density at radius 2 is 1.94 bits per heavy atom. The zero-order valence-electron chi connectivity index (χ0n) is 9.84. The number of carbonyl (C=O) groups is 1. The van der Waals surface area contributed by atoms with Crippen molar-refractivity contribution in [3.63, 3.8) is 0 Å². The van der Waals surface area contributed by atoms with Crippen LogP contribution in [0.4, 0.5) is 0 Å². The molecule has 0 bridgehead atoms. The number of hydrogen-bond donors (Lipinski definition) is 0. The standard InChI is InChI=1S/C13H16N2O/c1-9(8-14)10(2)13(11(3)16)12-4-6-15-7-5-12/h4-7,9-10,13H,1-3H3. The van der Waals surface area contributed by atoms with E-state index in [1.807, 2.05) is 26.0 Å². The Labute approximate surface area is 96.1 Å². The number of nitrogens with zero attached hydrogens (tertiary/aromatic N) is 2. The van der Waals surface area contributed by atoms with Crippen LogP contribution in [0, 0.1) is 23.2 Å². The maximum atomic E-state index is 11.7. The Balaban J connectivity index is 3.02. The average molecular weight is 216 g/mol. The third-order valence-electron chi connectivity index (χ3n) is 3.02. The smallest absolute Gasteiger partial charge is 0.137 e. The lowest BCUT2D eigenvalue weighted by atomic mass is 9.78. The molecule has 16 heavy (non-hydrogen) atoms. The molecule has 0 saturated heterocycles. The fourth-order valence-corrected chi connectivity index (χ4v) is 1.89. The van der Waals surface area contributed by atoms with Crippen LogP contribution in [0.3, 0.4) is 0 Å². The number of carbonyl (C=O) groups excluding carboxylic acids is 1. The van der Waals surface area contributed by atoms with Gasteiger partial charge in [-0.25, -0.2) is 0 Å². The normalized spacial score (nSPS) is 15.9. The predicted molar refractivity (Wildman–Crippen MR) is 61.6 cm³/mol. The van der Waals surface area contributed by atoms with Crippen LogP contribution in [0.5, 0.6) is 0 Å². The minimum absolute atomic E-state index is 0.0184. The van der Waals surface area contributed by atoms with Crippen LogP contribution >= 0.6 is 0 Å². The Morgan fingerprint density at radius 3 is 2.38 bits per heavy atom. The van der Waals surface area contributed by atoms with Crippen molar-refractivity contribution >= 4 is 5.78 Å². The van der Waals surface area contributed by atoms with Gasteiger partial charge in [0.1, 0.15) is 5.78 Å². The number of hydrogen-bond acceptors (Lipinski definition) is 3. The van der Waals surface area contributed by atoms with Crippen LogP contribution in [-0.4, -0.2) is 10.8 Å². The van der Waals surface area contributed by atoms with Gasteiger partial charge in [0.25, 0.3) is 0 Å². The number of aromatic nitrogens is 1. The van der Waals surface area contributed by atoms with E-state index in [2.05, 4.69) is 11.1 Å². The summed E-state index contributed by atoms with van der Waals surface area (Å²) in [4.78, 5) is 15.6. The molecule has 3 atom stereocenters. The van der Waals surface area contributed by atoms with E-state index < -0.39 is 0 Å². The van der Waals surface area contributed by atoms with E-state index in [-0.39, 0.29) is 23.5 Å². The second-order valence-electron chi connectivity index (χ2n) is 4.15. The van der Waals surface area contributed by atoms with E-state index in [0.717, 1.165) is 5.56 Å². The van der Waals surface area contributed by atoms with Crippen LogP contribution in [0.15, 0.2) is 24.5 Å². The fraction of sp³-hybridized carbons (Fsp3) is 0.462. The van der Waals surface area contributed by atoms with Gasteiger partial charge in [0.2, 0.25) is 0 Å². The van der Waals surface area contributed by atoms with Gasteiger partial charge in [0, 0.05) is 24.2 Å². The quantitative estimate of drug-likeness (QED) is 0.777. The third-order valence-corrected chi connectivity index (χ3v) is 3.02. The minimum atomic E-state index is -0.211. The average Bonchev–Trinajstić information content (AvgIpc) is 2.29. The molecule has 0 saturated carbocycles. The van der Waals surface area contributed by atoms with E-state index in [1.54, 1.807) is 19.3 Å². The maximum Gasteiger partial charge on any atom is 0.137 e. The molecule has 84 valence electrons. The van der Waals surface area contributed by atoms with Crippen molar-refractivity contribution in [1.82, 2.24) is 4.98 Å². The van der Waals surface area contributed by atoms with E-state index in [1.165, 1.54) is 0 Å². The Morgan fingerprint density at radius 1 is 1.38 bits per heavy atom. The zero-order valence-corrected chi connectivity index (χ0v) is 9.84. The van der Waals surface area contributed by atoms with E-state index >= 15 is 0 Å². The Bertz CT molecular complexity index is 394. The largest absolute Gasteiger partial charge is 0.299 e. The molecular weight excluding hydrogens is 200 g/mol. The molecule has 1 rings (SSSR count). The first-order chi connectivity index (χ1) is 7.57. The lowest BCUT2D eigenvalue weighted by Gasteiger charge is -2.23. The summed E-state index contributed by atoms with van der Waals surface area (Å²) in [6.45, 7) is 5.37. The van der Waals surface area contributed by atoms with Crippen LogP contribution < -0.4 is 0 Å². The molecule has 0 aliphatic rings. The van der Waals surface area contributed by atoms with E-state index in [4.69, 9.17) is 5.26 Å². The molecule has 0 amide bonds. The first-order valence-electron chi connectivity index (χ1n) is 5.38. The molecule has 3 nitrogen and oxygen atoms in total. The van der Waals surface area contributed by atoms with Gasteiger partial charge in [-0.3, -0.25) is 9.78 Å². The second kappa shape index (κ2) is 5.41. The number of ketones is 1. The van der Waals surface area contributed by atoms with Crippen molar-refractivity contribution in [2.24, 2.45) is 11.8 Å². The van der Waals surface area contributed by atoms with Gasteiger partial charge in [-0.1, -0.05) is 6.92 Å². The summed E-state index contributed by atoms with van der Waals surface area (Å²) in [6, 6.07) is 5.88. The van der Waals surface area contributed by atoms with Gasteiger partial charge in [0.15, 0.2) is 0 Å². The first kappa shape index (κ1) is 12.4. The molecule has 1 aromatic rings. The van der Waals surface area contributed by atoms with E-state index in [0.29, 0.717) is 0 Å². The summed E-state index contributed by atoms with van der Waals surface area (Å²) >= 11 is 0. The number of pyridine rings is 1. The summed E-state index contributed by atoms with van der Waals surface area (Å²) in [5, 5.41) is 8.91. The van der Waals surface area contributed by atoms with Crippen molar-refractivity contribution < 1.29 is 4.79 Å². The van der Waals surface area contributed by atoms with Crippen LogP contribution in [0.2, 0.25) is 0 Å². The van der Waals surface area contributed by atoms with Gasteiger partial charge < -0.3 is 0 Å². The Hall–Kier alpha value is -1.69. The molecule has 0 radical (unpaired) electrons. The molecule has 0 N–H and O–H groups in total. The van der Waals surface area contributed by atoms with Gasteiger partial charge in [-0.05, 0) is 37.5 Å². The van der Waals surface area contributed by atoms with Crippen molar-refractivity contribution in [3.05, 3.63) is 30.1 Å². The highest BCUT2D eigenvalue weighted by atomic mass is 16.1. The molecule has 0 fully saturated rings. The van der Waals surface area contributed by atoms with Crippen molar-refractivity contribution in [1.29, 1.82) is 5.26 Å². The zero-order chi connectivity index (χ0) is 12.1. The molecule has 0 spiro atoms. The molecule has 0 aromatic carbocycles. The maximum absolute atomic E-state index is 11.7. The lowest BCUT2D eigenvalue weighted by Crippen LogP contribution is -2.22. The summed E-state index contributed by atoms with van der Waals surface area (Å²) in [5.74, 6) is -0.231. The number of Topliss-reactive ketones (excluding diaryl/α,β-unsaturated/α-hetero) is 1. The first-order valence-corrected chi connectivity index (χ1v) is 5.38. The summed E-state index contributed by atoms with van der Waals surface area (Å²) in [7, 11) is 0. The van der Waals surface area contributed by atoms with E-state index in [9.17, 15) is 4.79 Å². The highest BCUT2D eigenvalue weighted by molar-refractivity contribution is 5.83. The molecule has 3 heteroatoms. The second-order valence-corrected chi connectivity index (χ2v) is 4.15. The molecule has 0 aliphatic carbocycles. The van der Waals surface area contributed by atoms with Crippen LogP contribution in [0.1, 0.15) is 32.3 Å². The molecule has 1 aromatic heterocycles. The van der Waals surface area contributed by atoms with Gasteiger partial charge >= 0.3 is 0 Å². The highest BCUT2D eigenvalue weighted by Crippen LogP contribution is 2.30. The van der Waals surface area contributed by atoms with Crippen molar-refractivity contribution in [2.45, 2.75) is 26.7 Å². The summed E-state index contributed by atoms with van der Waals surface area (Å²) < 4.78 is 0.